The van der Waals surface area contributed by atoms with E-state index in [9.17, 15) is 0 Å². The van der Waals surface area contributed by atoms with E-state index < -0.39 is 0 Å². The third-order valence-electron chi connectivity index (χ3n) is 5.23. The minimum Gasteiger partial charge on any atom is -0.122 e. The van der Waals surface area contributed by atoms with E-state index in [0.717, 1.165) is 6.42 Å². The highest BCUT2D eigenvalue weighted by molar-refractivity contribution is 6.17. The summed E-state index contributed by atoms with van der Waals surface area (Å²) in [6.07, 6.45) is 0.979. The summed E-state index contributed by atoms with van der Waals surface area (Å²) in [6, 6.07) is 9.40. The number of benzene rings is 2. The van der Waals surface area contributed by atoms with E-state index in [1.165, 1.54) is 44.5 Å². The predicted molar refractivity (Wildman–Crippen MR) is 111 cm³/mol. The molecule has 0 radical (unpaired) electrons. The van der Waals surface area contributed by atoms with Crippen LogP contribution in [0.3, 0.4) is 0 Å². The van der Waals surface area contributed by atoms with E-state index >= 15 is 0 Å². The van der Waals surface area contributed by atoms with Crippen molar-refractivity contribution >= 4 is 23.2 Å². The first-order valence-electron chi connectivity index (χ1n) is 9.01. The average molecular weight is 375 g/mol. The predicted octanol–water partition coefficient (Wildman–Crippen LogP) is 7.33. The maximum Gasteiger partial charge on any atom is 0.0477 e. The molecule has 0 saturated heterocycles. The fourth-order valence-electron chi connectivity index (χ4n) is 4.01. The SMILES string of the molecule is CC(C)(C)c1cc2c(cc1CCl)Cc1cc(CCl)c(C(C)(C)C)cc1-2. The summed E-state index contributed by atoms with van der Waals surface area (Å²) in [7, 11) is 0. The molecule has 0 unspecified atom stereocenters. The maximum atomic E-state index is 6.27. The van der Waals surface area contributed by atoms with Crippen LogP contribution in [0, 0.1) is 0 Å². The molecule has 0 fully saturated rings. The lowest BCUT2D eigenvalue weighted by Crippen LogP contribution is -2.15. The number of rotatable bonds is 2. The Bertz CT molecular complexity index is 748. The monoisotopic (exact) mass is 374 g/mol. The van der Waals surface area contributed by atoms with Crippen molar-refractivity contribution in [3.8, 4) is 11.1 Å². The number of fused-ring (bicyclic) bond motifs is 3. The standard InChI is InChI=1S/C23H28Cl2/c1-22(2,3)20-10-18-14(8-16(20)12-24)7-15-9-17(13-25)21(11-19(15)18)23(4,5)6/h8-11H,7,12-13H2,1-6H3. The molecule has 0 aromatic heterocycles. The average Bonchev–Trinajstić information content (AvgIpc) is 2.87. The number of hydrogen-bond donors (Lipinski definition) is 0. The summed E-state index contributed by atoms with van der Waals surface area (Å²) in [6.45, 7) is 13.6. The molecule has 0 N–H and O–H groups in total. The first-order valence-corrected chi connectivity index (χ1v) is 10.1. The van der Waals surface area contributed by atoms with Crippen LogP contribution in [0.4, 0.5) is 0 Å². The van der Waals surface area contributed by atoms with Gasteiger partial charge in [-0.25, -0.2) is 0 Å². The van der Waals surface area contributed by atoms with Gasteiger partial charge in [0.05, 0.1) is 0 Å². The number of hydrogen-bond acceptors (Lipinski definition) is 0. The third-order valence-corrected chi connectivity index (χ3v) is 5.81. The zero-order valence-electron chi connectivity index (χ0n) is 16.2. The van der Waals surface area contributed by atoms with Crippen LogP contribution in [0.15, 0.2) is 24.3 Å². The van der Waals surface area contributed by atoms with Crippen LogP contribution in [-0.4, -0.2) is 0 Å². The van der Waals surface area contributed by atoms with Crippen molar-refractivity contribution in [1.29, 1.82) is 0 Å². The molecule has 0 atom stereocenters. The zero-order chi connectivity index (χ0) is 18.6. The molecule has 0 nitrogen and oxygen atoms in total. The van der Waals surface area contributed by atoms with Gasteiger partial charge in [-0.2, -0.15) is 0 Å². The summed E-state index contributed by atoms with van der Waals surface area (Å²) in [5.41, 5.74) is 10.9. The van der Waals surface area contributed by atoms with Crippen LogP contribution in [0.25, 0.3) is 11.1 Å². The molecule has 1 aliphatic carbocycles. The Morgan fingerprint density at radius 3 is 1.32 bits per heavy atom. The van der Waals surface area contributed by atoms with Crippen molar-refractivity contribution in [3.63, 3.8) is 0 Å². The van der Waals surface area contributed by atoms with Crippen LogP contribution in [0.2, 0.25) is 0 Å². The molecule has 2 aromatic carbocycles. The normalized spacial score (nSPS) is 13.8. The molecule has 2 aromatic rings. The molecule has 0 aliphatic heterocycles. The third kappa shape index (κ3) is 3.36. The molecule has 134 valence electrons. The van der Waals surface area contributed by atoms with Gasteiger partial charge in [-0.3, -0.25) is 0 Å². The van der Waals surface area contributed by atoms with E-state index in [4.69, 9.17) is 23.2 Å². The molecule has 0 amide bonds. The van der Waals surface area contributed by atoms with Crippen molar-refractivity contribution in [3.05, 3.63) is 57.6 Å². The van der Waals surface area contributed by atoms with Gasteiger partial charge in [0.25, 0.3) is 0 Å². The topological polar surface area (TPSA) is 0 Å². The maximum absolute atomic E-state index is 6.27. The minimum atomic E-state index is 0.0882. The van der Waals surface area contributed by atoms with E-state index in [-0.39, 0.29) is 10.8 Å². The Labute approximate surface area is 162 Å². The zero-order valence-corrected chi connectivity index (χ0v) is 17.7. The summed E-state index contributed by atoms with van der Waals surface area (Å²) in [5.74, 6) is 1.13. The fraction of sp³-hybridized carbons (Fsp3) is 0.478. The Kier molecular flexibility index (Phi) is 4.75. The van der Waals surface area contributed by atoms with Crippen LogP contribution in [0.1, 0.15) is 74.9 Å². The quantitative estimate of drug-likeness (QED) is 0.411. The minimum absolute atomic E-state index is 0.0882. The summed E-state index contributed by atoms with van der Waals surface area (Å²) >= 11 is 12.5. The number of alkyl halides is 2. The Hall–Kier alpha value is -0.980. The molecular weight excluding hydrogens is 347 g/mol. The molecule has 0 heterocycles. The van der Waals surface area contributed by atoms with E-state index in [1.807, 2.05) is 0 Å². The fourth-order valence-corrected chi connectivity index (χ4v) is 4.45. The van der Waals surface area contributed by atoms with Crippen LogP contribution < -0.4 is 0 Å². The van der Waals surface area contributed by atoms with Crippen LogP contribution in [-0.2, 0) is 29.0 Å². The van der Waals surface area contributed by atoms with Gasteiger partial charge in [-0.15, -0.1) is 23.2 Å². The first kappa shape index (κ1) is 18.8. The first-order chi connectivity index (χ1) is 11.6. The lowest BCUT2D eigenvalue weighted by Gasteiger charge is -2.25. The van der Waals surface area contributed by atoms with E-state index in [2.05, 4.69) is 65.8 Å². The van der Waals surface area contributed by atoms with Crippen molar-refractivity contribution in [1.82, 2.24) is 0 Å². The van der Waals surface area contributed by atoms with Gasteiger partial charge in [0.2, 0.25) is 0 Å². The molecule has 0 spiro atoms. The van der Waals surface area contributed by atoms with Crippen LogP contribution >= 0.6 is 23.2 Å². The second-order valence-electron chi connectivity index (χ2n) is 9.28. The molecular formula is C23H28Cl2. The van der Waals surface area contributed by atoms with Crippen molar-refractivity contribution in [2.24, 2.45) is 0 Å². The van der Waals surface area contributed by atoms with Crippen LogP contribution in [0.5, 0.6) is 0 Å². The second kappa shape index (κ2) is 6.32. The van der Waals surface area contributed by atoms with Gasteiger partial charge in [-0.1, -0.05) is 65.8 Å². The largest absolute Gasteiger partial charge is 0.122 e. The van der Waals surface area contributed by atoms with Crippen molar-refractivity contribution < 1.29 is 0 Å². The molecule has 25 heavy (non-hydrogen) atoms. The molecule has 3 rings (SSSR count). The summed E-state index contributed by atoms with van der Waals surface area (Å²) < 4.78 is 0. The van der Waals surface area contributed by atoms with Gasteiger partial charge in [0.15, 0.2) is 0 Å². The highest BCUT2D eigenvalue weighted by Crippen LogP contribution is 2.44. The molecule has 1 aliphatic rings. The smallest absolute Gasteiger partial charge is 0.0477 e. The Morgan fingerprint density at radius 1 is 0.680 bits per heavy atom. The summed E-state index contributed by atoms with van der Waals surface area (Å²) in [5, 5.41) is 0. The van der Waals surface area contributed by atoms with Gasteiger partial charge in [0, 0.05) is 11.8 Å². The van der Waals surface area contributed by atoms with E-state index in [0.29, 0.717) is 11.8 Å². The lowest BCUT2D eigenvalue weighted by atomic mass is 9.80. The van der Waals surface area contributed by atoms with Gasteiger partial charge in [0.1, 0.15) is 0 Å². The van der Waals surface area contributed by atoms with Gasteiger partial charge in [-0.05, 0) is 61.8 Å². The highest BCUT2D eigenvalue weighted by atomic mass is 35.5. The Morgan fingerprint density at radius 2 is 1.04 bits per heavy atom. The van der Waals surface area contributed by atoms with E-state index in [1.54, 1.807) is 0 Å². The lowest BCUT2D eigenvalue weighted by molar-refractivity contribution is 0.584. The Balaban J connectivity index is 2.24. The number of halogens is 2. The molecule has 2 heteroatoms. The summed E-state index contributed by atoms with van der Waals surface area (Å²) in [4.78, 5) is 0. The van der Waals surface area contributed by atoms with Gasteiger partial charge < -0.3 is 0 Å². The second-order valence-corrected chi connectivity index (χ2v) is 9.81. The molecule has 0 saturated carbocycles. The molecule has 0 bridgehead atoms. The van der Waals surface area contributed by atoms with Crippen molar-refractivity contribution in [2.45, 2.75) is 70.6 Å². The van der Waals surface area contributed by atoms with Crippen molar-refractivity contribution in [2.75, 3.05) is 0 Å². The highest BCUT2D eigenvalue weighted by Gasteiger charge is 2.27. The van der Waals surface area contributed by atoms with Gasteiger partial charge >= 0.3 is 0 Å².